The topological polar surface area (TPSA) is 83.8 Å². The van der Waals surface area contributed by atoms with E-state index in [1.807, 2.05) is 22.6 Å². The highest BCUT2D eigenvalue weighted by Gasteiger charge is 2.13. The van der Waals surface area contributed by atoms with Gasteiger partial charge in [-0.15, -0.1) is 0 Å². The molecule has 1 amide bonds. The lowest BCUT2D eigenvalue weighted by Gasteiger charge is -2.06. The second-order valence-electron chi connectivity index (χ2n) is 3.28. The highest BCUT2D eigenvalue weighted by Crippen LogP contribution is 2.20. The van der Waals surface area contributed by atoms with Gasteiger partial charge >= 0.3 is 0 Å². The van der Waals surface area contributed by atoms with E-state index in [4.69, 9.17) is 5.73 Å². The van der Waals surface area contributed by atoms with E-state index in [2.05, 4.69) is 15.5 Å². The van der Waals surface area contributed by atoms with Gasteiger partial charge in [0.05, 0.1) is 17.6 Å². The molecule has 2 aromatic rings. The third kappa shape index (κ3) is 2.54. The monoisotopic (exact) mass is 346 g/mol. The Labute approximate surface area is 110 Å². The van der Waals surface area contributed by atoms with Crippen molar-refractivity contribution in [2.24, 2.45) is 0 Å². The number of aromatic nitrogens is 2. The molecule has 0 unspecified atom stereocenters. The number of anilines is 2. The van der Waals surface area contributed by atoms with Crippen LogP contribution in [0, 0.1) is 9.39 Å². The molecule has 17 heavy (non-hydrogen) atoms. The predicted molar refractivity (Wildman–Crippen MR) is 70.1 cm³/mol. The summed E-state index contributed by atoms with van der Waals surface area (Å²) in [6, 6.07) is 4.09. The Bertz CT molecular complexity index is 569. The molecule has 0 radical (unpaired) electrons. The van der Waals surface area contributed by atoms with Crippen molar-refractivity contribution in [3.63, 3.8) is 0 Å². The minimum absolute atomic E-state index is 0.185. The smallest absolute Gasteiger partial charge is 0.275 e. The first kappa shape index (κ1) is 11.8. The lowest BCUT2D eigenvalue weighted by atomic mass is 10.3. The van der Waals surface area contributed by atoms with Gasteiger partial charge < -0.3 is 11.1 Å². The van der Waals surface area contributed by atoms with Crippen LogP contribution in [-0.4, -0.2) is 16.1 Å². The van der Waals surface area contributed by atoms with Crippen LogP contribution in [0.5, 0.6) is 0 Å². The number of nitrogen functional groups attached to an aromatic ring is 1. The summed E-state index contributed by atoms with van der Waals surface area (Å²) in [7, 11) is 0. The average Bonchev–Trinajstić information content (AvgIpc) is 2.68. The van der Waals surface area contributed by atoms with Crippen LogP contribution in [0.25, 0.3) is 0 Å². The first-order valence-electron chi connectivity index (χ1n) is 4.63. The standard InChI is InChI=1S/C10H8FIN4O/c11-5-1-2-8(6(12)3-5)15-10(17)9-7(13)4-14-16-9/h1-4H,13H2,(H,14,16)(H,15,17). The molecule has 5 nitrogen and oxygen atoms in total. The molecule has 0 aliphatic carbocycles. The van der Waals surface area contributed by atoms with E-state index < -0.39 is 5.91 Å². The molecule has 0 bridgehead atoms. The van der Waals surface area contributed by atoms with Gasteiger partial charge in [0.2, 0.25) is 0 Å². The fourth-order valence-corrected chi connectivity index (χ4v) is 1.87. The van der Waals surface area contributed by atoms with Crippen LogP contribution in [0.3, 0.4) is 0 Å². The van der Waals surface area contributed by atoms with Crippen molar-refractivity contribution >= 4 is 39.9 Å². The summed E-state index contributed by atoms with van der Waals surface area (Å²) in [5.74, 6) is -0.766. The molecule has 0 saturated heterocycles. The number of halogens is 2. The SMILES string of the molecule is Nc1cn[nH]c1C(=O)Nc1ccc(F)cc1I. The quantitative estimate of drug-likeness (QED) is 0.728. The Balaban J connectivity index is 2.22. The van der Waals surface area contributed by atoms with Gasteiger partial charge in [-0.25, -0.2) is 4.39 Å². The largest absolute Gasteiger partial charge is 0.396 e. The predicted octanol–water partition coefficient (Wildman–Crippen LogP) is 1.99. The maximum absolute atomic E-state index is 12.9. The zero-order chi connectivity index (χ0) is 12.4. The fraction of sp³-hybridized carbons (Fsp3) is 0. The molecule has 1 heterocycles. The second-order valence-corrected chi connectivity index (χ2v) is 4.44. The molecule has 88 valence electrons. The summed E-state index contributed by atoms with van der Waals surface area (Å²) in [6.45, 7) is 0. The van der Waals surface area contributed by atoms with E-state index in [9.17, 15) is 9.18 Å². The van der Waals surface area contributed by atoms with Gasteiger partial charge in [0, 0.05) is 3.57 Å². The van der Waals surface area contributed by atoms with Crippen LogP contribution in [-0.2, 0) is 0 Å². The fourth-order valence-electron chi connectivity index (χ4n) is 1.25. The number of hydrogen-bond donors (Lipinski definition) is 3. The van der Waals surface area contributed by atoms with E-state index in [1.165, 1.54) is 24.4 Å². The minimum atomic E-state index is -0.412. The lowest BCUT2D eigenvalue weighted by molar-refractivity contribution is 0.102. The third-order valence-corrected chi connectivity index (χ3v) is 2.97. The molecule has 0 spiro atoms. The van der Waals surface area contributed by atoms with Crippen molar-refractivity contribution in [3.05, 3.63) is 39.5 Å². The number of benzene rings is 1. The Morgan fingerprint density at radius 3 is 2.88 bits per heavy atom. The van der Waals surface area contributed by atoms with Crippen LogP contribution in [0.4, 0.5) is 15.8 Å². The Hall–Kier alpha value is -1.64. The van der Waals surface area contributed by atoms with Crippen molar-refractivity contribution < 1.29 is 9.18 Å². The number of amides is 1. The average molecular weight is 346 g/mol. The van der Waals surface area contributed by atoms with Crippen molar-refractivity contribution in [1.82, 2.24) is 10.2 Å². The summed E-state index contributed by atoms with van der Waals surface area (Å²) in [4.78, 5) is 11.8. The van der Waals surface area contributed by atoms with E-state index in [0.29, 0.717) is 9.26 Å². The summed E-state index contributed by atoms with van der Waals surface area (Å²) in [5.41, 5.74) is 6.51. The Morgan fingerprint density at radius 1 is 1.53 bits per heavy atom. The van der Waals surface area contributed by atoms with Crippen molar-refractivity contribution in [2.45, 2.75) is 0 Å². The molecule has 4 N–H and O–H groups in total. The van der Waals surface area contributed by atoms with Crippen molar-refractivity contribution in [2.75, 3.05) is 11.1 Å². The molecule has 0 atom stereocenters. The molecule has 7 heteroatoms. The lowest BCUT2D eigenvalue weighted by Crippen LogP contribution is -2.15. The van der Waals surface area contributed by atoms with Gasteiger partial charge in [-0.3, -0.25) is 9.89 Å². The number of H-pyrrole nitrogens is 1. The summed E-state index contributed by atoms with van der Waals surface area (Å²) in [5, 5.41) is 8.76. The molecular weight excluding hydrogens is 338 g/mol. The normalized spacial score (nSPS) is 10.2. The molecule has 1 aromatic carbocycles. The number of nitrogens with zero attached hydrogens (tertiary/aromatic N) is 1. The highest BCUT2D eigenvalue weighted by atomic mass is 127. The Morgan fingerprint density at radius 2 is 2.29 bits per heavy atom. The molecule has 1 aromatic heterocycles. The first-order valence-corrected chi connectivity index (χ1v) is 5.71. The maximum Gasteiger partial charge on any atom is 0.275 e. The second kappa shape index (κ2) is 4.70. The number of nitrogens with one attached hydrogen (secondary N) is 2. The maximum atomic E-state index is 12.9. The third-order valence-electron chi connectivity index (χ3n) is 2.08. The van der Waals surface area contributed by atoms with Gasteiger partial charge in [0.1, 0.15) is 11.5 Å². The van der Waals surface area contributed by atoms with Crippen LogP contribution in [0.15, 0.2) is 24.4 Å². The zero-order valence-electron chi connectivity index (χ0n) is 8.50. The minimum Gasteiger partial charge on any atom is -0.396 e. The number of carbonyl (C=O) groups excluding carboxylic acids is 1. The number of hydrogen-bond acceptors (Lipinski definition) is 3. The van der Waals surface area contributed by atoms with Crippen molar-refractivity contribution in [3.8, 4) is 0 Å². The van der Waals surface area contributed by atoms with Crippen LogP contribution in [0.2, 0.25) is 0 Å². The molecule has 2 rings (SSSR count). The summed E-state index contributed by atoms with van der Waals surface area (Å²) < 4.78 is 13.5. The van der Waals surface area contributed by atoms with E-state index in [0.717, 1.165) is 0 Å². The van der Waals surface area contributed by atoms with Gasteiger partial charge in [0.25, 0.3) is 5.91 Å². The van der Waals surface area contributed by atoms with Crippen LogP contribution in [0.1, 0.15) is 10.5 Å². The Kier molecular flexibility index (Phi) is 3.27. The van der Waals surface area contributed by atoms with E-state index in [1.54, 1.807) is 0 Å². The van der Waals surface area contributed by atoms with Gasteiger partial charge in [0.15, 0.2) is 0 Å². The summed E-state index contributed by atoms with van der Waals surface area (Å²) in [6.07, 6.45) is 1.35. The number of carbonyl (C=O) groups is 1. The first-order chi connectivity index (χ1) is 8.08. The zero-order valence-corrected chi connectivity index (χ0v) is 10.7. The number of aromatic amines is 1. The van der Waals surface area contributed by atoms with Gasteiger partial charge in [-0.05, 0) is 40.8 Å². The van der Waals surface area contributed by atoms with Gasteiger partial charge in [-0.2, -0.15) is 5.10 Å². The van der Waals surface area contributed by atoms with E-state index in [-0.39, 0.29) is 17.2 Å². The highest BCUT2D eigenvalue weighted by molar-refractivity contribution is 14.1. The van der Waals surface area contributed by atoms with Crippen LogP contribution < -0.4 is 11.1 Å². The van der Waals surface area contributed by atoms with Crippen molar-refractivity contribution in [1.29, 1.82) is 0 Å². The molecular formula is C10H8FIN4O. The molecule has 0 aliphatic heterocycles. The van der Waals surface area contributed by atoms with E-state index >= 15 is 0 Å². The number of rotatable bonds is 2. The molecule has 0 fully saturated rings. The molecule has 0 aliphatic rings. The summed E-state index contributed by atoms with van der Waals surface area (Å²) >= 11 is 1.93. The van der Waals surface area contributed by atoms with Crippen LogP contribution >= 0.6 is 22.6 Å². The number of nitrogens with two attached hydrogens (primary N) is 1. The molecule has 0 saturated carbocycles. The van der Waals surface area contributed by atoms with Gasteiger partial charge in [-0.1, -0.05) is 0 Å².